The highest BCUT2D eigenvalue weighted by Gasteiger charge is 2.19. The summed E-state index contributed by atoms with van der Waals surface area (Å²) < 4.78 is 5.32. The third kappa shape index (κ3) is 2.95. The van der Waals surface area contributed by atoms with E-state index in [1.54, 1.807) is 7.11 Å². The van der Waals surface area contributed by atoms with Gasteiger partial charge in [-0.1, -0.05) is 12.1 Å². The van der Waals surface area contributed by atoms with Crippen LogP contribution < -0.4 is 9.64 Å². The summed E-state index contributed by atoms with van der Waals surface area (Å²) in [4.78, 5) is 12.5. The molecule has 0 saturated carbocycles. The van der Waals surface area contributed by atoms with E-state index in [-0.39, 0.29) is 0 Å². The quantitative estimate of drug-likeness (QED) is 0.802. The highest BCUT2D eigenvalue weighted by Crippen LogP contribution is 2.26. The minimum atomic E-state index is 0.928. The van der Waals surface area contributed by atoms with Crippen molar-refractivity contribution in [3.63, 3.8) is 0 Å². The summed E-state index contributed by atoms with van der Waals surface area (Å²) in [6.07, 6.45) is 3.84. The van der Waals surface area contributed by atoms with Crippen molar-refractivity contribution < 1.29 is 4.74 Å². The van der Waals surface area contributed by atoms with Gasteiger partial charge in [-0.15, -0.1) is 0 Å². The molecule has 2 aromatic heterocycles. The van der Waals surface area contributed by atoms with Gasteiger partial charge in [-0.25, -0.2) is 4.98 Å². The molecule has 0 radical (unpaired) electrons. The number of anilines is 1. The van der Waals surface area contributed by atoms with Gasteiger partial charge in [-0.05, 0) is 29.8 Å². The van der Waals surface area contributed by atoms with Crippen molar-refractivity contribution in [1.29, 1.82) is 0 Å². The second kappa shape index (κ2) is 6.53. The van der Waals surface area contributed by atoms with E-state index in [1.807, 2.05) is 18.5 Å². The molecule has 0 amide bonds. The number of pyridine rings is 1. The van der Waals surface area contributed by atoms with Gasteiger partial charge in [0.15, 0.2) is 0 Å². The van der Waals surface area contributed by atoms with Gasteiger partial charge in [0.05, 0.1) is 7.11 Å². The molecule has 0 bridgehead atoms. The predicted octanol–water partition coefficient (Wildman–Crippen LogP) is 2.89. The zero-order chi connectivity index (χ0) is 16.4. The third-order valence-corrected chi connectivity index (χ3v) is 4.69. The molecule has 1 saturated heterocycles. The number of hydrogen-bond acceptors (Lipinski definition) is 4. The molecule has 1 fully saturated rings. The average Bonchev–Trinajstić information content (AvgIpc) is 3.11. The summed E-state index contributed by atoms with van der Waals surface area (Å²) in [6, 6.07) is 12.6. The van der Waals surface area contributed by atoms with Gasteiger partial charge in [-0.2, -0.15) is 0 Å². The molecule has 1 aromatic carbocycles. The van der Waals surface area contributed by atoms with Gasteiger partial charge in [-0.3, -0.25) is 4.90 Å². The Morgan fingerprint density at radius 3 is 2.83 bits per heavy atom. The highest BCUT2D eigenvalue weighted by molar-refractivity contribution is 5.89. The summed E-state index contributed by atoms with van der Waals surface area (Å²) in [5, 5.41) is 1.21. The van der Waals surface area contributed by atoms with Crippen molar-refractivity contribution in [2.45, 2.75) is 6.54 Å². The lowest BCUT2D eigenvalue weighted by Crippen LogP contribution is -2.46. The van der Waals surface area contributed by atoms with E-state index in [2.05, 4.69) is 50.1 Å². The molecule has 3 heterocycles. The number of ether oxygens (including phenoxy) is 1. The average molecular weight is 322 g/mol. The van der Waals surface area contributed by atoms with Crippen molar-refractivity contribution >= 4 is 16.7 Å². The highest BCUT2D eigenvalue weighted by atomic mass is 16.5. The van der Waals surface area contributed by atoms with Crippen LogP contribution in [-0.4, -0.2) is 48.2 Å². The molecule has 1 N–H and O–H groups in total. The van der Waals surface area contributed by atoms with Crippen LogP contribution in [0, 0.1) is 0 Å². The Bertz CT molecular complexity index is 821. The molecule has 1 aliphatic rings. The Labute approximate surface area is 141 Å². The third-order valence-electron chi connectivity index (χ3n) is 4.69. The van der Waals surface area contributed by atoms with Crippen molar-refractivity contribution in [2.75, 3.05) is 38.2 Å². The van der Waals surface area contributed by atoms with E-state index in [0.717, 1.165) is 44.1 Å². The number of rotatable bonds is 4. The largest absolute Gasteiger partial charge is 0.497 e. The molecule has 124 valence electrons. The summed E-state index contributed by atoms with van der Waals surface area (Å²) in [5.41, 5.74) is 3.55. The molecule has 24 heavy (non-hydrogen) atoms. The Kier molecular flexibility index (Phi) is 4.09. The van der Waals surface area contributed by atoms with E-state index < -0.39 is 0 Å². The first-order valence-corrected chi connectivity index (χ1v) is 8.36. The minimum Gasteiger partial charge on any atom is -0.497 e. The monoisotopic (exact) mass is 322 g/mol. The predicted molar refractivity (Wildman–Crippen MR) is 96.6 cm³/mol. The number of benzene rings is 1. The van der Waals surface area contributed by atoms with Gasteiger partial charge in [0.25, 0.3) is 0 Å². The molecule has 0 aliphatic carbocycles. The number of fused-ring (bicyclic) bond motifs is 1. The fourth-order valence-corrected chi connectivity index (χ4v) is 3.40. The number of methoxy groups -OCH3 is 1. The second-order valence-electron chi connectivity index (χ2n) is 6.18. The molecular weight excluding hydrogens is 300 g/mol. The van der Waals surface area contributed by atoms with Crippen LogP contribution in [0.25, 0.3) is 11.0 Å². The van der Waals surface area contributed by atoms with Gasteiger partial charge < -0.3 is 14.6 Å². The van der Waals surface area contributed by atoms with Crippen LogP contribution in [0.2, 0.25) is 0 Å². The van der Waals surface area contributed by atoms with E-state index in [9.17, 15) is 0 Å². The maximum atomic E-state index is 5.32. The SMILES string of the molecule is COc1cccc(CN2CCN(c3ccnc4[nH]ccc34)CC2)c1. The fraction of sp³-hybridized carbons (Fsp3) is 0.316. The van der Waals surface area contributed by atoms with Crippen LogP contribution in [0.15, 0.2) is 48.8 Å². The number of hydrogen-bond donors (Lipinski definition) is 1. The first-order chi connectivity index (χ1) is 11.8. The van der Waals surface area contributed by atoms with Gasteiger partial charge in [0, 0.05) is 56.2 Å². The second-order valence-corrected chi connectivity index (χ2v) is 6.18. The number of aromatic amines is 1. The van der Waals surface area contributed by atoms with Crippen LogP contribution in [0.4, 0.5) is 5.69 Å². The molecule has 3 aromatic rings. The van der Waals surface area contributed by atoms with E-state index in [4.69, 9.17) is 4.74 Å². The fourth-order valence-electron chi connectivity index (χ4n) is 3.40. The molecule has 5 nitrogen and oxygen atoms in total. The van der Waals surface area contributed by atoms with Crippen molar-refractivity contribution in [2.24, 2.45) is 0 Å². The van der Waals surface area contributed by atoms with Crippen LogP contribution in [0.3, 0.4) is 0 Å². The molecule has 1 aliphatic heterocycles. The number of nitrogens with one attached hydrogen (secondary N) is 1. The molecule has 0 atom stereocenters. The molecule has 0 spiro atoms. The lowest BCUT2D eigenvalue weighted by Gasteiger charge is -2.36. The molecular formula is C19H22N4O. The van der Waals surface area contributed by atoms with Gasteiger partial charge in [0.2, 0.25) is 0 Å². The Morgan fingerprint density at radius 2 is 2.00 bits per heavy atom. The lowest BCUT2D eigenvalue weighted by atomic mass is 10.1. The zero-order valence-electron chi connectivity index (χ0n) is 13.9. The van der Waals surface area contributed by atoms with Crippen LogP contribution >= 0.6 is 0 Å². The topological polar surface area (TPSA) is 44.4 Å². The van der Waals surface area contributed by atoms with Crippen molar-refractivity contribution in [3.8, 4) is 5.75 Å². The van der Waals surface area contributed by atoms with E-state index in [0.29, 0.717) is 0 Å². The smallest absolute Gasteiger partial charge is 0.139 e. The van der Waals surface area contributed by atoms with Crippen LogP contribution in [0.1, 0.15) is 5.56 Å². The normalized spacial score (nSPS) is 15.8. The van der Waals surface area contributed by atoms with Crippen molar-refractivity contribution in [3.05, 3.63) is 54.4 Å². The number of nitrogens with zero attached hydrogens (tertiary/aromatic N) is 3. The summed E-state index contributed by atoms with van der Waals surface area (Å²) >= 11 is 0. The van der Waals surface area contributed by atoms with Gasteiger partial charge in [0.1, 0.15) is 11.4 Å². The molecule has 0 unspecified atom stereocenters. The standard InChI is InChI=1S/C19H22N4O/c1-24-16-4-2-3-15(13-16)14-22-9-11-23(12-10-22)18-6-8-21-19-17(18)5-7-20-19/h2-8,13H,9-12,14H2,1H3,(H,20,21). The maximum Gasteiger partial charge on any atom is 0.139 e. The molecule has 5 heteroatoms. The van der Waals surface area contributed by atoms with Crippen LogP contribution in [0.5, 0.6) is 5.75 Å². The Hall–Kier alpha value is -2.53. The van der Waals surface area contributed by atoms with E-state index >= 15 is 0 Å². The molecule has 4 rings (SSSR count). The summed E-state index contributed by atoms with van der Waals surface area (Å²) in [7, 11) is 1.72. The summed E-state index contributed by atoms with van der Waals surface area (Å²) in [6.45, 7) is 5.17. The lowest BCUT2D eigenvalue weighted by molar-refractivity contribution is 0.249. The number of piperazine rings is 1. The minimum absolute atomic E-state index is 0.928. The first kappa shape index (κ1) is 15.0. The van der Waals surface area contributed by atoms with Crippen LogP contribution in [-0.2, 0) is 6.54 Å². The Morgan fingerprint density at radius 1 is 1.12 bits per heavy atom. The number of H-pyrrole nitrogens is 1. The van der Waals surface area contributed by atoms with Crippen molar-refractivity contribution in [1.82, 2.24) is 14.9 Å². The first-order valence-electron chi connectivity index (χ1n) is 8.36. The van der Waals surface area contributed by atoms with E-state index in [1.165, 1.54) is 16.6 Å². The summed E-state index contributed by atoms with van der Waals surface area (Å²) in [5.74, 6) is 0.928. The maximum absolute atomic E-state index is 5.32. The zero-order valence-corrected chi connectivity index (χ0v) is 13.9. The van der Waals surface area contributed by atoms with Gasteiger partial charge >= 0.3 is 0 Å². The number of aromatic nitrogens is 2. The Balaban J connectivity index is 1.42.